The summed E-state index contributed by atoms with van der Waals surface area (Å²) in [5.74, 6) is 0.410. The van der Waals surface area contributed by atoms with Gasteiger partial charge in [0.25, 0.3) is 5.91 Å². The Hall–Kier alpha value is -3.05. The van der Waals surface area contributed by atoms with Crippen LogP contribution < -0.4 is 5.32 Å². The number of carbonyl (C=O) groups excluding carboxylic acids is 1. The third-order valence-electron chi connectivity index (χ3n) is 7.72. The van der Waals surface area contributed by atoms with Crippen molar-refractivity contribution in [2.24, 2.45) is 0 Å². The van der Waals surface area contributed by atoms with E-state index in [0.717, 1.165) is 55.4 Å². The summed E-state index contributed by atoms with van der Waals surface area (Å²) in [5, 5.41) is 2.77. The van der Waals surface area contributed by atoms with Gasteiger partial charge < -0.3 is 15.1 Å². The average Bonchev–Trinajstić information content (AvgIpc) is 3.48. The zero-order chi connectivity index (χ0) is 25.9. The minimum Gasteiger partial charge on any atom is -0.341 e. The van der Waals surface area contributed by atoms with Crippen molar-refractivity contribution >= 4 is 28.9 Å². The summed E-state index contributed by atoms with van der Waals surface area (Å²) in [4.78, 5) is 31.0. The van der Waals surface area contributed by atoms with Crippen LogP contribution in [0.25, 0.3) is 10.7 Å². The number of alkyl halides is 3. The molecule has 1 spiro atoms. The van der Waals surface area contributed by atoms with E-state index in [1.54, 1.807) is 30.3 Å². The van der Waals surface area contributed by atoms with E-state index in [1.807, 2.05) is 6.07 Å². The second-order valence-electron chi connectivity index (χ2n) is 10.4. The molecule has 2 aliphatic heterocycles. The van der Waals surface area contributed by atoms with Crippen LogP contribution >= 0.6 is 11.3 Å². The van der Waals surface area contributed by atoms with Crippen molar-refractivity contribution in [2.45, 2.75) is 43.2 Å². The molecule has 5 heterocycles. The maximum absolute atomic E-state index is 13.8. The predicted molar refractivity (Wildman–Crippen MR) is 135 cm³/mol. The number of nitrogens with one attached hydrogen (secondary N) is 1. The average molecular weight is 529 g/mol. The Bertz CT molecular complexity index is 1340. The van der Waals surface area contributed by atoms with Crippen molar-refractivity contribution in [3.63, 3.8) is 0 Å². The van der Waals surface area contributed by atoms with Crippen LogP contribution in [0.15, 0.2) is 30.6 Å². The van der Waals surface area contributed by atoms with Gasteiger partial charge in [0, 0.05) is 36.3 Å². The van der Waals surface area contributed by atoms with E-state index in [-0.39, 0.29) is 28.8 Å². The summed E-state index contributed by atoms with van der Waals surface area (Å²) in [6.45, 7) is 2.69. The maximum Gasteiger partial charge on any atom is 0.421 e. The number of likely N-dealkylation sites (tertiary alicyclic amines) is 1. The molecule has 1 saturated heterocycles. The van der Waals surface area contributed by atoms with Gasteiger partial charge in [-0.25, -0.2) is 15.0 Å². The number of rotatable bonds is 4. The Labute approximate surface area is 216 Å². The molecule has 1 aliphatic carbocycles. The second-order valence-corrected chi connectivity index (χ2v) is 11.5. The van der Waals surface area contributed by atoms with Gasteiger partial charge in [0.2, 0.25) is 0 Å². The van der Waals surface area contributed by atoms with Gasteiger partial charge in [-0.3, -0.25) is 4.79 Å². The molecule has 2 fully saturated rings. The number of carbonyl (C=O) groups is 1. The molecule has 3 aliphatic rings. The van der Waals surface area contributed by atoms with Crippen molar-refractivity contribution in [3.05, 3.63) is 52.2 Å². The minimum atomic E-state index is -4.64. The van der Waals surface area contributed by atoms with Gasteiger partial charge in [-0.1, -0.05) is 6.07 Å². The molecular formula is C26H27F3N6OS. The topological polar surface area (TPSA) is 74.2 Å². The van der Waals surface area contributed by atoms with E-state index in [0.29, 0.717) is 22.9 Å². The highest BCUT2D eigenvalue weighted by Crippen LogP contribution is 2.55. The van der Waals surface area contributed by atoms with Crippen LogP contribution in [0.5, 0.6) is 0 Å². The van der Waals surface area contributed by atoms with Gasteiger partial charge in [0.05, 0.1) is 10.4 Å². The number of amides is 1. The van der Waals surface area contributed by atoms with E-state index in [2.05, 4.69) is 32.2 Å². The first-order chi connectivity index (χ1) is 17.6. The summed E-state index contributed by atoms with van der Waals surface area (Å²) < 4.78 is 41.5. The second kappa shape index (κ2) is 8.76. The van der Waals surface area contributed by atoms with E-state index < -0.39 is 11.7 Å². The first-order valence-electron chi connectivity index (χ1n) is 12.4. The molecular weight excluding hydrogens is 501 g/mol. The standard InChI is InChI=1S/C26H27F3N6OS/c1-34-9-5-15(6-10-34)16-3-4-20(30-12-16)32-22-18(26(27,28)29)13-31-23(33-22)19-11-17-21(37-19)25(7-8-25)14-35(2)24(17)36/h3-4,11-13,15H,5-10,14H2,1-2H3,(H,30,31,32,33). The Morgan fingerprint density at radius 2 is 1.86 bits per heavy atom. The lowest BCUT2D eigenvalue weighted by molar-refractivity contribution is -0.137. The summed E-state index contributed by atoms with van der Waals surface area (Å²) in [7, 11) is 3.88. The van der Waals surface area contributed by atoms with Crippen LogP contribution in [-0.2, 0) is 11.6 Å². The highest BCUT2D eigenvalue weighted by atomic mass is 32.1. The van der Waals surface area contributed by atoms with Crippen LogP contribution in [-0.4, -0.2) is 64.4 Å². The number of nitrogens with zero attached hydrogens (tertiary/aromatic N) is 5. The number of likely N-dealkylation sites (N-methyl/N-ethyl adjacent to an activating group) is 1. The molecule has 1 amide bonds. The summed E-state index contributed by atoms with van der Waals surface area (Å²) >= 11 is 1.41. The van der Waals surface area contributed by atoms with Crippen LogP contribution in [0.4, 0.5) is 24.8 Å². The molecule has 0 unspecified atom stereocenters. The molecule has 1 N–H and O–H groups in total. The van der Waals surface area contributed by atoms with Gasteiger partial charge in [0.15, 0.2) is 5.82 Å². The molecule has 11 heteroatoms. The molecule has 7 nitrogen and oxygen atoms in total. The highest BCUT2D eigenvalue weighted by molar-refractivity contribution is 7.16. The fourth-order valence-electron chi connectivity index (χ4n) is 5.38. The molecule has 194 valence electrons. The first kappa shape index (κ1) is 24.3. The largest absolute Gasteiger partial charge is 0.421 e. The summed E-state index contributed by atoms with van der Waals surface area (Å²) in [6.07, 6.45) is 1.95. The van der Waals surface area contributed by atoms with Crippen LogP contribution in [0.2, 0.25) is 0 Å². The van der Waals surface area contributed by atoms with Gasteiger partial charge >= 0.3 is 6.18 Å². The zero-order valence-electron chi connectivity index (χ0n) is 20.6. The Morgan fingerprint density at radius 3 is 2.51 bits per heavy atom. The molecule has 3 aromatic rings. The lowest BCUT2D eigenvalue weighted by Gasteiger charge is -2.29. The monoisotopic (exact) mass is 528 g/mol. The Kier molecular flexibility index (Phi) is 5.76. The fourth-order valence-corrected chi connectivity index (χ4v) is 6.71. The molecule has 3 aromatic heterocycles. The molecule has 0 aromatic carbocycles. The third-order valence-corrected chi connectivity index (χ3v) is 9.10. The van der Waals surface area contributed by atoms with Gasteiger partial charge in [-0.15, -0.1) is 11.3 Å². The van der Waals surface area contributed by atoms with Gasteiger partial charge in [-0.05, 0) is 69.4 Å². The van der Waals surface area contributed by atoms with Crippen molar-refractivity contribution in [2.75, 3.05) is 39.0 Å². The number of hydrogen-bond donors (Lipinski definition) is 1. The molecule has 37 heavy (non-hydrogen) atoms. The number of thiophene rings is 1. The van der Waals surface area contributed by atoms with Gasteiger partial charge in [0.1, 0.15) is 17.2 Å². The number of fused-ring (bicyclic) bond motifs is 2. The number of piperidine rings is 1. The molecule has 0 atom stereocenters. The van der Waals surface area contributed by atoms with Crippen LogP contribution in [0.1, 0.15) is 58.0 Å². The van der Waals surface area contributed by atoms with E-state index in [4.69, 9.17) is 0 Å². The lowest BCUT2D eigenvalue weighted by atomic mass is 9.91. The van der Waals surface area contributed by atoms with E-state index in [9.17, 15) is 18.0 Å². The van der Waals surface area contributed by atoms with Crippen molar-refractivity contribution < 1.29 is 18.0 Å². The number of anilines is 2. The Morgan fingerprint density at radius 1 is 1.11 bits per heavy atom. The number of halogens is 3. The number of hydrogen-bond acceptors (Lipinski definition) is 7. The first-order valence-corrected chi connectivity index (χ1v) is 13.2. The molecule has 0 bridgehead atoms. The molecule has 1 saturated carbocycles. The molecule has 6 rings (SSSR count). The molecule has 0 radical (unpaired) electrons. The maximum atomic E-state index is 13.8. The fraction of sp³-hybridized carbons (Fsp3) is 0.462. The minimum absolute atomic E-state index is 0.0344. The summed E-state index contributed by atoms with van der Waals surface area (Å²) in [5.41, 5.74) is 0.697. The van der Waals surface area contributed by atoms with E-state index in [1.165, 1.54) is 11.3 Å². The zero-order valence-corrected chi connectivity index (χ0v) is 21.4. The smallest absolute Gasteiger partial charge is 0.341 e. The summed E-state index contributed by atoms with van der Waals surface area (Å²) in [6, 6.07) is 5.34. The number of pyridine rings is 1. The Balaban J connectivity index is 1.31. The van der Waals surface area contributed by atoms with Crippen LogP contribution in [0.3, 0.4) is 0 Å². The number of aromatic nitrogens is 3. The highest BCUT2D eigenvalue weighted by Gasteiger charge is 2.52. The van der Waals surface area contributed by atoms with Crippen molar-refractivity contribution in [1.82, 2.24) is 24.8 Å². The van der Waals surface area contributed by atoms with E-state index >= 15 is 0 Å². The predicted octanol–water partition coefficient (Wildman–Crippen LogP) is 5.29. The third kappa shape index (κ3) is 4.48. The lowest BCUT2D eigenvalue weighted by Crippen LogP contribution is -2.39. The van der Waals surface area contributed by atoms with Crippen LogP contribution in [0, 0.1) is 0 Å². The normalized spacial score (nSPS) is 19.8. The van der Waals surface area contributed by atoms with Gasteiger partial charge in [-0.2, -0.15) is 13.2 Å². The quantitative estimate of drug-likeness (QED) is 0.496. The van der Waals surface area contributed by atoms with Crippen molar-refractivity contribution in [1.29, 1.82) is 0 Å². The van der Waals surface area contributed by atoms with Crippen molar-refractivity contribution in [3.8, 4) is 10.7 Å². The SMILES string of the molecule is CN1CCC(c2ccc(Nc3nc(-c4cc5c(s4)C4(CC4)CN(C)C5=O)ncc3C(F)(F)F)nc2)CC1.